The van der Waals surface area contributed by atoms with E-state index in [1.54, 1.807) is 0 Å². The van der Waals surface area contributed by atoms with Crippen molar-refractivity contribution in [1.29, 1.82) is 5.26 Å². The number of carboxylic acids is 1. The zero-order valence-corrected chi connectivity index (χ0v) is 13.3. The molecular weight excluding hydrogens is 323 g/mol. The smallest absolute Gasteiger partial charge is 0.475 e. The number of nitrogens with zero attached hydrogens (tertiary/aromatic N) is 2. The summed E-state index contributed by atoms with van der Waals surface area (Å²) < 4.78 is 33.9. The first-order valence-corrected chi connectivity index (χ1v) is 7.02. The van der Waals surface area contributed by atoms with Gasteiger partial charge < -0.3 is 15.4 Å². The van der Waals surface area contributed by atoms with Crippen LogP contribution in [0.25, 0.3) is 10.9 Å². The molecule has 8 heteroatoms. The second-order valence-corrected chi connectivity index (χ2v) is 5.94. The Morgan fingerprint density at radius 3 is 2.38 bits per heavy atom. The molecule has 0 spiro atoms. The van der Waals surface area contributed by atoms with Gasteiger partial charge in [0.25, 0.3) is 0 Å². The number of fused-ring (bicyclic) bond motifs is 1. The highest BCUT2D eigenvalue weighted by atomic mass is 19.4. The third-order valence-corrected chi connectivity index (χ3v) is 3.14. The number of aromatic nitrogens is 1. The van der Waals surface area contributed by atoms with Gasteiger partial charge in [-0.3, -0.25) is 0 Å². The molecule has 0 radical (unpaired) electrons. The van der Waals surface area contributed by atoms with Crippen LogP contribution in [0.1, 0.15) is 25.8 Å². The van der Waals surface area contributed by atoms with E-state index in [2.05, 4.69) is 16.8 Å². The van der Waals surface area contributed by atoms with Gasteiger partial charge in [-0.05, 0) is 44.5 Å². The van der Waals surface area contributed by atoms with Crippen LogP contribution >= 0.6 is 0 Å². The Kier molecular flexibility index (Phi) is 5.99. The summed E-state index contributed by atoms with van der Waals surface area (Å²) in [6.45, 7) is 4.97. The molecule has 0 aliphatic heterocycles. The van der Waals surface area contributed by atoms with Crippen molar-refractivity contribution >= 4 is 16.9 Å². The molecule has 2 rings (SSSR count). The molecule has 0 saturated carbocycles. The molecule has 5 nitrogen and oxygen atoms in total. The minimum atomic E-state index is -5.08. The van der Waals surface area contributed by atoms with Gasteiger partial charge in [-0.2, -0.15) is 18.4 Å². The van der Waals surface area contributed by atoms with Gasteiger partial charge in [0.2, 0.25) is 0 Å². The molecule has 1 aromatic carbocycles. The number of aryl methyl sites for hydroxylation is 1. The summed E-state index contributed by atoms with van der Waals surface area (Å²) in [6.07, 6.45) is -2.10. The Balaban J connectivity index is 0.000000351. The quantitative estimate of drug-likeness (QED) is 0.896. The summed E-state index contributed by atoms with van der Waals surface area (Å²) >= 11 is 0. The van der Waals surface area contributed by atoms with Gasteiger partial charge in [-0.1, -0.05) is 0 Å². The van der Waals surface area contributed by atoms with Crippen molar-refractivity contribution in [3.63, 3.8) is 0 Å². The Morgan fingerprint density at radius 1 is 1.33 bits per heavy atom. The second kappa shape index (κ2) is 7.36. The van der Waals surface area contributed by atoms with E-state index >= 15 is 0 Å². The fourth-order valence-corrected chi connectivity index (χ4v) is 1.87. The average molecular weight is 341 g/mol. The van der Waals surface area contributed by atoms with Crippen LogP contribution in [0, 0.1) is 11.3 Å². The van der Waals surface area contributed by atoms with Crippen LogP contribution in [0.5, 0.6) is 0 Å². The third kappa shape index (κ3) is 5.93. The van der Waals surface area contributed by atoms with Crippen LogP contribution in [0.3, 0.4) is 0 Å². The summed E-state index contributed by atoms with van der Waals surface area (Å²) in [5.41, 5.74) is 7.70. The van der Waals surface area contributed by atoms with Crippen LogP contribution in [-0.2, 0) is 11.3 Å². The van der Waals surface area contributed by atoms with Crippen molar-refractivity contribution in [1.82, 2.24) is 4.57 Å². The molecule has 0 atom stereocenters. The van der Waals surface area contributed by atoms with E-state index < -0.39 is 12.1 Å². The Bertz CT molecular complexity index is 752. The van der Waals surface area contributed by atoms with E-state index in [0.717, 1.165) is 23.9 Å². The molecule has 1 heterocycles. The number of nitrogens with two attached hydrogens (primary N) is 1. The number of halogens is 3. The summed E-state index contributed by atoms with van der Waals surface area (Å²) in [6, 6.07) is 9.96. The fourth-order valence-electron chi connectivity index (χ4n) is 1.87. The standard InChI is InChI=1S/C14H17N3.C2HF3O2/c1-14(2,16)6-8-17-7-5-12-9-11(10-15)3-4-13(12)17;3-2(4,5)1(6)7/h3-5,7,9H,6,8,16H2,1-2H3;(H,6,7). The van der Waals surface area contributed by atoms with E-state index in [1.165, 1.54) is 0 Å². The van der Waals surface area contributed by atoms with Crippen LogP contribution in [0.2, 0.25) is 0 Å². The van der Waals surface area contributed by atoms with Crippen molar-refractivity contribution in [2.75, 3.05) is 0 Å². The van der Waals surface area contributed by atoms with Crippen LogP contribution < -0.4 is 5.73 Å². The highest BCUT2D eigenvalue weighted by Crippen LogP contribution is 2.19. The van der Waals surface area contributed by atoms with Crippen molar-refractivity contribution in [2.45, 2.75) is 38.5 Å². The van der Waals surface area contributed by atoms with Gasteiger partial charge in [0, 0.05) is 29.2 Å². The molecule has 0 aliphatic carbocycles. The first-order valence-electron chi connectivity index (χ1n) is 7.02. The summed E-state index contributed by atoms with van der Waals surface area (Å²) in [5.74, 6) is -2.76. The maximum Gasteiger partial charge on any atom is 0.490 e. The monoisotopic (exact) mass is 341 g/mol. The number of carbonyl (C=O) groups is 1. The molecule has 0 fully saturated rings. The van der Waals surface area contributed by atoms with E-state index in [4.69, 9.17) is 20.9 Å². The lowest BCUT2D eigenvalue weighted by Gasteiger charge is -2.18. The minimum absolute atomic E-state index is 0.150. The Hall–Kier alpha value is -2.53. The Morgan fingerprint density at radius 2 is 1.92 bits per heavy atom. The zero-order chi connectivity index (χ0) is 18.5. The normalized spacial score (nSPS) is 11.5. The van der Waals surface area contributed by atoms with Crippen LogP contribution in [0.15, 0.2) is 30.5 Å². The largest absolute Gasteiger partial charge is 0.490 e. The molecule has 0 aliphatic rings. The van der Waals surface area contributed by atoms with Gasteiger partial charge in [-0.25, -0.2) is 4.79 Å². The lowest BCUT2D eigenvalue weighted by Crippen LogP contribution is -2.33. The van der Waals surface area contributed by atoms with Crippen LogP contribution in [-0.4, -0.2) is 27.4 Å². The third-order valence-electron chi connectivity index (χ3n) is 3.14. The molecule has 24 heavy (non-hydrogen) atoms. The summed E-state index contributed by atoms with van der Waals surface area (Å²) in [7, 11) is 0. The highest BCUT2D eigenvalue weighted by molar-refractivity contribution is 5.81. The molecule has 0 unspecified atom stereocenters. The predicted octanol–water partition coefficient (Wildman–Crippen LogP) is 3.27. The SMILES string of the molecule is CC(C)(N)CCn1ccc2cc(C#N)ccc21.O=C(O)C(F)(F)F. The first-order chi connectivity index (χ1) is 10.9. The van der Waals surface area contributed by atoms with Gasteiger partial charge in [0.05, 0.1) is 11.6 Å². The maximum atomic E-state index is 10.6. The molecule has 0 bridgehead atoms. The molecule has 0 saturated heterocycles. The van der Waals surface area contributed by atoms with Gasteiger partial charge in [0.15, 0.2) is 0 Å². The first kappa shape index (κ1) is 19.5. The number of benzene rings is 1. The van der Waals surface area contributed by atoms with Crippen molar-refractivity contribution < 1.29 is 23.1 Å². The minimum Gasteiger partial charge on any atom is -0.475 e. The number of rotatable bonds is 3. The van der Waals surface area contributed by atoms with E-state index in [-0.39, 0.29) is 5.54 Å². The molecule has 2 aromatic rings. The Labute approximate surface area is 137 Å². The number of hydrogen-bond acceptors (Lipinski definition) is 3. The number of hydrogen-bond donors (Lipinski definition) is 2. The van der Waals surface area contributed by atoms with E-state index in [1.807, 2.05) is 38.1 Å². The van der Waals surface area contributed by atoms with Gasteiger partial charge in [0.1, 0.15) is 0 Å². The summed E-state index contributed by atoms with van der Waals surface area (Å²) in [5, 5.41) is 17.1. The molecule has 3 N–H and O–H groups in total. The van der Waals surface area contributed by atoms with Crippen molar-refractivity contribution in [3.8, 4) is 6.07 Å². The molecule has 130 valence electrons. The lowest BCUT2D eigenvalue weighted by molar-refractivity contribution is -0.192. The zero-order valence-electron chi connectivity index (χ0n) is 13.3. The van der Waals surface area contributed by atoms with Crippen molar-refractivity contribution in [2.24, 2.45) is 5.73 Å². The fraction of sp³-hybridized carbons (Fsp3) is 0.375. The number of alkyl halides is 3. The topological polar surface area (TPSA) is 92.0 Å². The lowest BCUT2D eigenvalue weighted by atomic mass is 10.0. The van der Waals surface area contributed by atoms with Crippen molar-refractivity contribution in [3.05, 3.63) is 36.0 Å². The number of nitriles is 1. The summed E-state index contributed by atoms with van der Waals surface area (Å²) in [4.78, 5) is 8.90. The number of carboxylic acid groups (broad SMARTS) is 1. The maximum absolute atomic E-state index is 10.6. The molecular formula is C16H18F3N3O2. The van der Waals surface area contributed by atoms with E-state index in [0.29, 0.717) is 5.56 Å². The van der Waals surface area contributed by atoms with E-state index in [9.17, 15) is 13.2 Å². The average Bonchev–Trinajstić information content (AvgIpc) is 2.86. The molecule has 1 aromatic heterocycles. The number of aliphatic carboxylic acids is 1. The second-order valence-electron chi connectivity index (χ2n) is 5.94. The van der Waals surface area contributed by atoms with Crippen LogP contribution in [0.4, 0.5) is 13.2 Å². The predicted molar refractivity (Wildman–Crippen MR) is 83.2 cm³/mol. The van der Waals surface area contributed by atoms with Gasteiger partial charge >= 0.3 is 12.1 Å². The highest BCUT2D eigenvalue weighted by Gasteiger charge is 2.38. The molecule has 0 amide bonds. The van der Waals surface area contributed by atoms with Gasteiger partial charge in [-0.15, -0.1) is 0 Å².